The molecule has 1 N–H and O–H groups in total. The Hall–Kier alpha value is -2.28. The lowest BCUT2D eigenvalue weighted by molar-refractivity contribution is 0.0690. The summed E-state index contributed by atoms with van der Waals surface area (Å²) in [6, 6.07) is 4.02. The molecule has 1 aromatic carbocycles. The van der Waals surface area contributed by atoms with E-state index in [4.69, 9.17) is 0 Å². The molecule has 1 aliphatic carbocycles. The summed E-state index contributed by atoms with van der Waals surface area (Å²) in [6.45, 7) is 1.39. The first-order valence-electron chi connectivity index (χ1n) is 9.11. The number of likely N-dealkylation sites (N-methyl/N-ethyl adjacent to an activating group) is 1. The number of amides is 1. The maximum atomic E-state index is 13.7. The zero-order valence-corrected chi connectivity index (χ0v) is 14.8. The Morgan fingerprint density at radius 2 is 2.08 bits per heavy atom. The highest BCUT2D eigenvalue weighted by Crippen LogP contribution is 2.29. The second-order valence-corrected chi connectivity index (χ2v) is 7.02. The standard InChI is InChI=1S/C19H22F2N4O/c1-22-12-4-3-9-24(11-12)19(26)18-14-5-2-6-17(14)25(23-18)13-7-8-15(20)16(21)10-13/h7-8,10,12,22H,2-6,9,11H2,1H3. The van der Waals surface area contributed by atoms with Crippen molar-refractivity contribution in [3.8, 4) is 5.69 Å². The number of carbonyl (C=O) groups is 1. The lowest BCUT2D eigenvalue weighted by Gasteiger charge is -2.32. The average molecular weight is 360 g/mol. The van der Waals surface area contributed by atoms with Gasteiger partial charge in [-0.15, -0.1) is 0 Å². The first-order valence-corrected chi connectivity index (χ1v) is 9.11. The number of likely N-dealkylation sites (tertiary alicyclic amines) is 1. The Balaban J connectivity index is 1.69. The van der Waals surface area contributed by atoms with E-state index >= 15 is 0 Å². The van der Waals surface area contributed by atoms with Crippen LogP contribution in [0, 0.1) is 11.6 Å². The van der Waals surface area contributed by atoms with Crippen LogP contribution in [0.3, 0.4) is 0 Å². The molecule has 0 bridgehead atoms. The van der Waals surface area contributed by atoms with Crippen molar-refractivity contribution < 1.29 is 13.6 Å². The summed E-state index contributed by atoms with van der Waals surface area (Å²) < 4.78 is 28.5. The number of nitrogens with zero attached hydrogens (tertiary/aromatic N) is 3. The fraction of sp³-hybridized carbons (Fsp3) is 0.474. The van der Waals surface area contributed by atoms with Gasteiger partial charge in [-0.3, -0.25) is 4.79 Å². The first kappa shape index (κ1) is 17.1. The summed E-state index contributed by atoms with van der Waals surface area (Å²) in [5, 5.41) is 7.75. The van der Waals surface area contributed by atoms with Crippen LogP contribution in [0.2, 0.25) is 0 Å². The van der Waals surface area contributed by atoms with Crippen LogP contribution in [0.25, 0.3) is 5.69 Å². The monoisotopic (exact) mass is 360 g/mol. The van der Waals surface area contributed by atoms with Gasteiger partial charge in [-0.2, -0.15) is 5.10 Å². The quantitative estimate of drug-likeness (QED) is 0.915. The summed E-state index contributed by atoms with van der Waals surface area (Å²) in [6.07, 6.45) is 4.54. The van der Waals surface area contributed by atoms with Gasteiger partial charge in [0, 0.05) is 36.5 Å². The Bertz CT molecular complexity index is 848. The third-order valence-corrected chi connectivity index (χ3v) is 5.40. The van der Waals surface area contributed by atoms with E-state index in [0.29, 0.717) is 24.0 Å². The molecule has 1 fully saturated rings. The van der Waals surface area contributed by atoms with Gasteiger partial charge in [0.25, 0.3) is 5.91 Å². The second kappa shape index (κ2) is 6.79. The third-order valence-electron chi connectivity index (χ3n) is 5.40. The molecule has 1 atom stereocenters. The van der Waals surface area contributed by atoms with Crippen molar-refractivity contribution in [1.29, 1.82) is 0 Å². The van der Waals surface area contributed by atoms with Crippen LogP contribution in [0.15, 0.2) is 18.2 Å². The normalized spacial score (nSPS) is 19.7. The van der Waals surface area contributed by atoms with Crippen LogP contribution < -0.4 is 5.32 Å². The van der Waals surface area contributed by atoms with E-state index < -0.39 is 11.6 Å². The van der Waals surface area contributed by atoms with E-state index in [2.05, 4.69) is 10.4 Å². The molecule has 1 aromatic heterocycles. The van der Waals surface area contributed by atoms with Gasteiger partial charge in [0.1, 0.15) is 0 Å². The van der Waals surface area contributed by atoms with Crippen molar-refractivity contribution in [2.45, 2.75) is 38.1 Å². The summed E-state index contributed by atoms with van der Waals surface area (Å²) in [4.78, 5) is 14.9. The molecular formula is C19H22F2N4O. The van der Waals surface area contributed by atoms with Gasteiger partial charge >= 0.3 is 0 Å². The molecule has 2 heterocycles. The predicted octanol–water partition coefficient (Wildman–Crippen LogP) is 2.46. The zero-order valence-electron chi connectivity index (χ0n) is 14.8. The Labute approximate surface area is 151 Å². The van der Waals surface area contributed by atoms with Gasteiger partial charge in [-0.1, -0.05) is 0 Å². The number of nitrogens with one attached hydrogen (secondary N) is 1. The number of fused-ring (bicyclic) bond motifs is 1. The molecule has 2 aromatic rings. The Morgan fingerprint density at radius 3 is 2.85 bits per heavy atom. The van der Waals surface area contributed by atoms with Crippen LogP contribution in [0.1, 0.15) is 41.0 Å². The maximum absolute atomic E-state index is 13.7. The zero-order chi connectivity index (χ0) is 18.3. The molecule has 1 unspecified atom stereocenters. The molecule has 1 aliphatic heterocycles. The van der Waals surface area contributed by atoms with Gasteiger partial charge in [0.15, 0.2) is 17.3 Å². The number of rotatable bonds is 3. The van der Waals surface area contributed by atoms with Crippen molar-refractivity contribution in [1.82, 2.24) is 20.0 Å². The van der Waals surface area contributed by atoms with Crippen LogP contribution in [-0.4, -0.2) is 46.8 Å². The number of carbonyl (C=O) groups excluding carboxylic acids is 1. The molecule has 0 radical (unpaired) electrons. The number of hydrogen-bond donors (Lipinski definition) is 1. The SMILES string of the molecule is CNC1CCCN(C(=O)c2nn(-c3ccc(F)c(F)c3)c3c2CCC3)C1. The molecule has 26 heavy (non-hydrogen) atoms. The van der Waals surface area contributed by atoms with E-state index in [9.17, 15) is 13.6 Å². The summed E-state index contributed by atoms with van der Waals surface area (Å²) in [5.41, 5.74) is 2.79. The van der Waals surface area contributed by atoms with E-state index in [1.54, 1.807) is 4.68 Å². The molecule has 4 rings (SSSR count). The Morgan fingerprint density at radius 1 is 1.23 bits per heavy atom. The lowest BCUT2D eigenvalue weighted by Crippen LogP contribution is -2.47. The second-order valence-electron chi connectivity index (χ2n) is 7.02. The smallest absolute Gasteiger partial charge is 0.274 e. The fourth-order valence-corrected chi connectivity index (χ4v) is 3.99. The fourth-order valence-electron chi connectivity index (χ4n) is 3.99. The minimum absolute atomic E-state index is 0.0653. The van der Waals surface area contributed by atoms with Gasteiger partial charge in [0.2, 0.25) is 0 Å². The van der Waals surface area contributed by atoms with Gasteiger partial charge in [-0.25, -0.2) is 13.5 Å². The molecule has 7 heteroatoms. The van der Waals surface area contributed by atoms with Gasteiger partial charge in [-0.05, 0) is 51.3 Å². The average Bonchev–Trinajstić information content (AvgIpc) is 3.26. The van der Waals surface area contributed by atoms with Crippen LogP contribution >= 0.6 is 0 Å². The molecule has 5 nitrogen and oxygen atoms in total. The number of aromatic nitrogens is 2. The van der Waals surface area contributed by atoms with Crippen molar-refractivity contribution in [3.05, 3.63) is 46.8 Å². The lowest BCUT2D eigenvalue weighted by atomic mass is 10.0. The maximum Gasteiger partial charge on any atom is 0.274 e. The molecular weight excluding hydrogens is 338 g/mol. The number of benzene rings is 1. The van der Waals surface area contributed by atoms with Gasteiger partial charge in [0.05, 0.1) is 5.69 Å². The van der Waals surface area contributed by atoms with E-state index in [0.717, 1.165) is 62.0 Å². The summed E-state index contributed by atoms with van der Waals surface area (Å²) in [5.74, 6) is -1.87. The van der Waals surface area contributed by atoms with E-state index in [1.807, 2.05) is 11.9 Å². The number of piperidine rings is 1. The molecule has 1 amide bonds. The van der Waals surface area contributed by atoms with E-state index in [1.165, 1.54) is 6.07 Å². The summed E-state index contributed by atoms with van der Waals surface area (Å²) in [7, 11) is 1.91. The number of halogens is 2. The van der Waals surface area contributed by atoms with Crippen LogP contribution in [0.5, 0.6) is 0 Å². The molecule has 2 aliphatic rings. The largest absolute Gasteiger partial charge is 0.336 e. The highest BCUT2D eigenvalue weighted by molar-refractivity contribution is 5.94. The third kappa shape index (κ3) is 2.90. The Kier molecular flexibility index (Phi) is 4.48. The van der Waals surface area contributed by atoms with Gasteiger partial charge < -0.3 is 10.2 Å². The van der Waals surface area contributed by atoms with Crippen molar-refractivity contribution in [3.63, 3.8) is 0 Å². The molecule has 1 saturated heterocycles. The highest BCUT2D eigenvalue weighted by atomic mass is 19.2. The number of hydrogen-bond acceptors (Lipinski definition) is 3. The predicted molar refractivity (Wildman–Crippen MR) is 93.5 cm³/mol. The summed E-state index contributed by atoms with van der Waals surface area (Å²) >= 11 is 0. The molecule has 0 saturated carbocycles. The van der Waals surface area contributed by atoms with E-state index in [-0.39, 0.29) is 5.91 Å². The van der Waals surface area contributed by atoms with Crippen molar-refractivity contribution >= 4 is 5.91 Å². The molecule has 138 valence electrons. The molecule has 0 spiro atoms. The minimum Gasteiger partial charge on any atom is -0.336 e. The van der Waals surface area contributed by atoms with Crippen LogP contribution in [-0.2, 0) is 12.8 Å². The first-order chi connectivity index (χ1) is 12.6. The highest BCUT2D eigenvalue weighted by Gasteiger charge is 2.31. The minimum atomic E-state index is -0.912. The van der Waals surface area contributed by atoms with Crippen molar-refractivity contribution in [2.75, 3.05) is 20.1 Å². The van der Waals surface area contributed by atoms with Crippen LogP contribution in [0.4, 0.5) is 8.78 Å². The topological polar surface area (TPSA) is 50.2 Å². The van der Waals surface area contributed by atoms with Crippen molar-refractivity contribution in [2.24, 2.45) is 0 Å².